The maximum Gasteiger partial charge on any atom is 0.338 e. The van der Waals surface area contributed by atoms with Crippen LogP contribution in [0.3, 0.4) is 0 Å². The van der Waals surface area contributed by atoms with Crippen molar-refractivity contribution in [3.63, 3.8) is 0 Å². The molecule has 0 atom stereocenters. The van der Waals surface area contributed by atoms with E-state index in [9.17, 15) is 4.79 Å². The molecule has 0 fully saturated rings. The molecule has 0 aliphatic heterocycles. The van der Waals surface area contributed by atoms with Gasteiger partial charge in [0.2, 0.25) is 0 Å². The monoisotopic (exact) mass is 389 g/mol. The second-order valence-corrected chi connectivity index (χ2v) is 5.85. The Kier molecular flexibility index (Phi) is 5.84. The number of anilines is 1. The first kappa shape index (κ1) is 19.6. The molecule has 2 aromatic carbocycles. The summed E-state index contributed by atoms with van der Waals surface area (Å²) in [6, 6.07) is 16.1. The number of hydrazone groups is 1. The quantitative estimate of drug-likeness (QED) is 0.172. The maximum atomic E-state index is 12.1. The van der Waals surface area contributed by atoms with Gasteiger partial charge in [-0.25, -0.2) is 14.8 Å². The summed E-state index contributed by atoms with van der Waals surface area (Å²) in [5.74, 6) is 5.34. The first-order chi connectivity index (χ1) is 14.0. The van der Waals surface area contributed by atoms with Gasteiger partial charge in [-0.15, -0.1) is 5.10 Å². The standard InChI is InChI=1S/C21H19N5O3/c1-13(14-8-4-3-5-9-14)29-20(26-23)18-19(22)24-12-17(25-18)15-10-6-7-11-16(15)21(27)28-2/h3-12H,1,23H2,2H3,(H2,22,24)/b26-20-. The zero-order valence-electron chi connectivity index (χ0n) is 15.7. The molecule has 3 aromatic rings. The van der Waals surface area contributed by atoms with E-state index in [1.54, 1.807) is 24.3 Å². The molecule has 1 aromatic heterocycles. The van der Waals surface area contributed by atoms with Gasteiger partial charge in [0.25, 0.3) is 5.90 Å². The number of aromatic nitrogens is 2. The van der Waals surface area contributed by atoms with Crippen LogP contribution in [0.2, 0.25) is 0 Å². The van der Waals surface area contributed by atoms with Crippen molar-refractivity contribution in [1.82, 2.24) is 9.97 Å². The summed E-state index contributed by atoms with van der Waals surface area (Å²) < 4.78 is 10.5. The maximum absolute atomic E-state index is 12.1. The highest BCUT2D eigenvalue weighted by Gasteiger charge is 2.19. The summed E-state index contributed by atoms with van der Waals surface area (Å²) in [6.45, 7) is 3.89. The molecular weight excluding hydrogens is 370 g/mol. The largest absolute Gasteiger partial charge is 0.465 e. The Labute approximate surface area is 167 Å². The highest BCUT2D eigenvalue weighted by molar-refractivity contribution is 6.00. The number of hydrogen-bond donors (Lipinski definition) is 2. The minimum Gasteiger partial charge on any atom is -0.465 e. The molecule has 0 unspecified atom stereocenters. The average molecular weight is 389 g/mol. The molecular formula is C21H19N5O3. The zero-order chi connectivity index (χ0) is 20.8. The van der Waals surface area contributed by atoms with E-state index >= 15 is 0 Å². The number of benzene rings is 2. The van der Waals surface area contributed by atoms with Crippen molar-refractivity contribution in [2.45, 2.75) is 0 Å². The number of nitrogens with zero attached hydrogens (tertiary/aromatic N) is 3. The normalized spacial score (nSPS) is 11.0. The van der Waals surface area contributed by atoms with Gasteiger partial charge in [-0.3, -0.25) is 0 Å². The van der Waals surface area contributed by atoms with E-state index in [2.05, 4.69) is 21.6 Å². The van der Waals surface area contributed by atoms with Crippen molar-refractivity contribution in [2.24, 2.45) is 10.9 Å². The van der Waals surface area contributed by atoms with Crippen LogP contribution >= 0.6 is 0 Å². The van der Waals surface area contributed by atoms with Crippen LogP contribution in [0.1, 0.15) is 21.6 Å². The first-order valence-corrected chi connectivity index (χ1v) is 8.55. The van der Waals surface area contributed by atoms with Crippen molar-refractivity contribution in [2.75, 3.05) is 12.8 Å². The highest BCUT2D eigenvalue weighted by Crippen LogP contribution is 2.24. The number of esters is 1. The summed E-state index contributed by atoms with van der Waals surface area (Å²) in [6.07, 6.45) is 1.45. The lowest BCUT2D eigenvalue weighted by atomic mass is 10.0. The number of carbonyl (C=O) groups is 1. The fourth-order valence-corrected chi connectivity index (χ4v) is 2.62. The Hall–Kier alpha value is -4.20. The van der Waals surface area contributed by atoms with Gasteiger partial charge in [-0.2, -0.15) is 0 Å². The Morgan fingerprint density at radius 1 is 1.10 bits per heavy atom. The molecule has 8 nitrogen and oxygen atoms in total. The predicted molar refractivity (Wildman–Crippen MR) is 111 cm³/mol. The van der Waals surface area contributed by atoms with E-state index in [1.165, 1.54) is 13.3 Å². The highest BCUT2D eigenvalue weighted by atomic mass is 16.5. The number of methoxy groups -OCH3 is 1. The topological polar surface area (TPSA) is 126 Å². The minimum absolute atomic E-state index is 0.0544. The van der Waals surface area contributed by atoms with Gasteiger partial charge in [0.15, 0.2) is 11.5 Å². The van der Waals surface area contributed by atoms with Gasteiger partial charge in [0.05, 0.1) is 24.6 Å². The molecule has 4 N–H and O–H groups in total. The van der Waals surface area contributed by atoms with Crippen LogP contribution in [0.4, 0.5) is 5.82 Å². The third-order valence-corrected chi connectivity index (χ3v) is 4.04. The van der Waals surface area contributed by atoms with Crippen LogP contribution < -0.4 is 11.6 Å². The molecule has 146 valence electrons. The molecule has 0 radical (unpaired) electrons. The number of nitrogens with two attached hydrogens (primary N) is 2. The van der Waals surface area contributed by atoms with E-state index < -0.39 is 5.97 Å². The van der Waals surface area contributed by atoms with Crippen molar-refractivity contribution < 1.29 is 14.3 Å². The molecule has 0 saturated carbocycles. The lowest BCUT2D eigenvalue weighted by Crippen LogP contribution is -2.15. The SMILES string of the molecule is C=C(O/C(=N\N)c1nc(-c2ccccc2C(=O)OC)cnc1N)c1ccccc1. The van der Waals surface area contributed by atoms with E-state index in [0.717, 1.165) is 5.56 Å². The lowest BCUT2D eigenvalue weighted by molar-refractivity contribution is 0.0601. The van der Waals surface area contributed by atoms with Crippen LogP contribution in [0.25, 0.3) is 17.0 Å². The molecule has 29 heavy (non-hydrogen) atoms. The van der Waals surface area contributed by atoms with Crippen molar-refractivity contribution in [3.8, 4) is 11.3 Å². The molecule has 0 aliphatic carbocycles. The Bertz CT molecular complexity index is 1080. The Morgan fingerprint density at radius 3 is 2.48 bits per heavy atom. The number of ether oxygens (including phenoxy) is 2. The van der Waals surface area contributed by atoms with Gasteiger partial charge in [-0.1, -0.05) is 55.1 Å². The van der Waals surface area contributed by atoms with Crippen LogP contribution in [-0.4, -0.2) is 28.9 Å². The summed E-state index contributed by atoms with van der Waals surface area (Å²) in [5, 5.41) is 3.65. The van der Waals surface area contributed by atoms with E-state index in [4.69, 9.17) is 21.1 Å². The summed E-state index contributed by atoms with van der Waals surface area (Å²) in [4.78, 5) is 20.7. The second-order valence-electron chi connectivity index (χ2n) is 5.85. The number of nitrogen functional groups attached to an aromatic ring is 1. The Balaban J connectivity index is 1.99. The van der Waals surface area contributed by atoms with Crippen molar-refractivity contribution in [3.05, 3.63) is 84.2 Å². The molecule has 0 aliphatic rings. The molecule has 0 spiro atoms. The van der Waals surface area contributed by atoms with Crippen LogP contribution in [0, 0.1) is 0 Å². The smallest absolute Gasteiger partial charge is 0.338 e. The molecule has 1 heterocycles. The van der Waals surface area contributed by atoms with Gasteiger partial charge in [-0.05, 0) is 6.07 Å². The summed E-state index contributed by atoms with van der Waals surface area (Å²) in [7, 11) is 1.31. The molecule has 3 rings (SSSR count). The zero-order valence-corrected chi connectivity index (χ0v) is 15.7. The summed E-state index contributed by atoms with van der Waals surface area (Å²) in [5.41, 5.74) is 8.07. The van der Waals surface area contributed by atoms with Gasteiger partial charge < -0.3 is 21.1 Å². The van der Waals surface area contributed by atoms with Gasteiger partial charge in [0, 0.05) is 11.1 Å². The van der Waals surface area contributed by atoms with Gasteiger partial charge >= 0.3 is 5.97 Å². The molecule has 0 saturated heterocycles. The van der Waals surface area contributed by atoms with Crippen LogP contribution in [-0.2, 0) is 9.47 Å². The Morgan fingerprint density at radius 2 is 1.79 bits per heavy atom. The van der Waals surface area contributed by atoms with Gasteiger partial charge in [0.1, 0.15) is 5.76 Å². The first-order valence-electron chi connectivity index (χ1n) is 8.55. The van der Waals surface area contributed by atoms with Crippen molar-refractivity contribution >= 4 is 23.4 Å². The van der Waals surface area contributed by atoms with Crippen LogP contribution in [0.5, 0.6) is 0 Å². The fraction of sp³-hybridized carbons (Fsp3) is 0.0476. The molecule has 0 bridgehead atoms. The third kappa shape index (κ3) is 4.22. The number of hydrogen-bond acceptors (Lipinski definition) is 8. The second kappa shape index (κ2) is 8.66. The minimum atomic E-state index is -0.498. The number of carbonyl (C=O) groups excluding carboxylic acids is 1. The van der Waals surface area contributed by atoms with E-state index in [-0.39, 0.29) is 17.4 Å². The molecule has 8 heteroatoms. The van der Waals surface area contributed by atoms with E-state index in [1.807, 2.05) is 30.3 Å². The third-order valence-electron chi connectivity index (χ3n) is 4.04. The summed E-state index contributed by atoms with van der Waals surface area (Å²) >= 11 is 0. The van der Waals surface area contributed by atoms with E-state index in [0.29, 0.717) is 22.6 Å². The average Bonchev–Trinajstić information content (AvgIpc) is 2.78. The fourth-order valence-electron chi connectivity index (χ4n) is 2.62. The predicted octanol–water partition coefficient (Wildman–Crippen LogP) is 2.82. The van der Waals surface area contributed by atoms with Crippen molar-refractivity contribution in [1.29, 1.82) is 0 Å². The van der Waals surface area contributed by atoms with Crippen LogP contribution in [0.15, 0.2) is 72.5 Å². The lowest BCUT2D eigenvalue weighted by Gasteiger charge is -2.13. The molecule has 0 amide bonds. The number of rotatable bonds is 5.